The molecule has 8 heteroatoms. The Kier molecular flexibility index (Phi) is 5.12. The van der Waals surface area contributed by atoms with Gasteiger partial charge in [0.2, 0.25) is 6.79 Å². The molecular formula is C21H20N2O5S. The van der Waals surface area contributed by atoms with E-state index in [0.717, 1.165) is 20.5 Å². The van der Waals surface area contributed by atoms with Crippen molar-refractivity contribution in [3.05, 3.63) is 59.0 Å². The molecule has 0 spiro atoms. The SMILES string of the molecule is CC(O)(CNC(=O)C(=O)NCc1ccc2c(c1)OCO2)c1cc2ccccc2s1. The Hall–Kier alpha value is -3.10. The zero-order valence-electron chi connectivity index (χ0n) is 15.7. The maximum absolute atomic E-state index is 12.1. The molecule has 2 aromatic carbocycles. The van der Waals surface area contributed by atoms with Crippen molar-refractivity contribution in [2.24, 2.45) is 0 Å². The summed E-state index contributed by atoms with van der Waals surface area (Å²) in [4.78, 5) is 24.9. The first kappa shape index (κ1) is 19.2. The molecule has 0 bridgehead atoms. The lowest BCUT2D eigenvalue weighted by molar-refractivity contribution is -0.139. The molecule has 3 N–H and O–H groups in total. The number of carbonyl (C=O) groups excluding carboxylic acids is 2. The summed E-state index contributed by atoms with van der Waals surface area (Å²) < 4.78 is 11.6. The summed E-state index contributed by atoms with van der Waals surface area (Å²) in [6.07, 6.45) is 0. The number of benzene rings is 2. The summed E-state index contributed by atoms with van der Waals surface area (Å²) in [5, 5.41) is 16.8. The van der Waals surface area contributed by atoms with Crippen molar-refractivity contribution in [1.82, 2.24) is 10.6 Å². The average molecular weight is 412 g/mol. The van der Waals surface area contributed by atoms with E-state index in [1.54, 1.807) is 25.1 Å². The first-order valence-electron chi connectivity index (χ1n) is 9.08. The van der Waals surface area contributed by atoms with Gasteiger partial charge in [0.05, 0.1) is 6.54 Å². The molecule has 1 aliphatic rings. The van der Waals surface area contributed by atoms with Crippen LogP contribution in [0.25, 0.3) is 10.1 Å². The van der Waals surface area contributed by atoms with Crippen LogP contribution in [-0.2, 0) is 21.7 Å². The van der Waals surface area contributed by atoms with Crippen molar-refractivity contribution in [3.63, 3.8) is 0 Å². The second-order valence-electron chi connectivity index (χ2n) is 6.98. The van der Waals surface area contributed by atoms with Gasteiger partial charge in [-0.25, -0.2) is 0 Å². The van der Waals surface area contributed by atoms with E-state index in [4.69, 9.17) is 9.47 Å². The summed E-state index contributed by atoms with van der Waals surface area (Å²) in [5.74, 6) is -0.302. The molecule has 29 heavy (non-hydrogen) atoms. The van der Waals surface area contributed by atoms with E-state index < -0.39 is 17.4 Å². The van der Waals surface area contributed by atoms with E-state index in [2.05, 4.69) is 10.6 Å². The van der Waals surface area contributed by atoms with Gasteiger partial charge in [0, 0.05) is 16.1 Å². The second kappa shape index (κ2) is 7.73. The minimum atomic E-state index is -1.28. The summed E-state index contributed by atoms with van der Waals surface area (Å²) in [6.45, 7) is 1.89. The van der Waals surface area contributed by atoms with Crippen molar-refractivity contribution >= 4 is 33.2 Å². The first-order chi connectivity index (χ1) is 13.9. The van der Waals surface area contributed by atoms with Crippen LogP contribution in [0.1, 0.15) is 17.4 Å². The minimum Gasteiger partial charge on any atom is -0.454 e. The van der Waals surface area contributed by atoms with Crippen LogP contribution >= 0.6 is 11.3 Å². The molecule has 2 amide bonds. The lowest BCUT2D eigenvalue weighted by Crippen LogP contribution is -2.45. The minimum absolute atomic E-state index is 0.0733. The largest absolute Gasteiger partial charge is 0.454 e. The van der Waals surface area contributed by atoms with Gasteiger partial charge >= 0.3 is 11.8 Å². The van der Waals surface area contributed by atoms with Crippen LogP contribution in [0.4, 0.5) is 0 Å². The predicted molar refractivity (Wildman–Crippen MR) is 109 cm³/mol. The lowest BCUT2D eigenvalue weighted by Gasteiger charge is -2.22. The Morgan fingerprint density at radius 3 is 2.66 bits per heavy atom. The number of rotatable bonds is 5. The average Bonchev–Trinajstić information content (AvgIpc) is 3.36. The van der Waals surface area contributed by atoms with Crippen LogP contribution < -0.4 is 20.1 Å². The van der Waals surface area contributed by atoms with Crippen molar-refractivity contribution in [2.75, 3.05) is 13.3 Å². The zero-order chi connectivity index (χ0) is 20.4. The molecule has 150 valence electrons. The maximum atomic E-state index is 12.1. The number of amides is 2. The number of fused-ring (bicyclic) bond motifs is 2. The van der Waals surface area contributed by atoms with Gasteiger partial charge in [-0.1, -0.05) is 24.3 Å². The number of hydrogen-bond donors (Lipinski definition) is 3. The van der Waals surface area contributed by atoms with Crippen LogP contribution in [0.5, 0.6) is 11.5 Å². The smallest absolute Gasteiger partial charge is 0.309 e. The highest BCUT2D eigenvalue weighted by molar-refractivity contribution is 7.19. The van der Waals surface area contributed by atoms with Gasteiger partial charge in [0.1, 0.15) is 5.60 Å². The molecule has 7 nitrogen and oxygen atoms in total. The van der Waals surface area contributed by atoms with E-state index in [0.29, 0.717) is 11.5 Å². The number of carbonyl (C=O) groups is 2. The molecule has 0 saturated heterocycles. The van der Waals surface area contributed by atoms with Gasteiger partial charge in [0.15, 0.2) is 11.5 Å². The molecule has 0 fully saturated rings. The predicted octanol–water partition coefficient (Wildman–Crippen LogP) is 2.27. The molecule has 0 radical (unpaired) electrons. The summed E-state index contributed by atoms with van der Waals surface area (Å²) >= 11 is 1.46. The van der Waals surface area contributed by atoms with E-state index in [1.165, 1.54) is 11.3 Å². The molecule has 0 aliphatic carbocycles. The fourth-order valence-corrected chi connectivity index (χ4v) is 4.09. The van der Waals surface area contributed by atoms with Gasteiger partial charge in [-0.05, 0) is 42.1 Å². The lowest BCUT2D eigenvalue weighted by atomic mass is 10.0. The highest BCUT2D eigenvalue weighted by atomic mass is 32.1. The van der Waals surface area contributed by atoms with Crippen LogP contribution in [0.2, 0.25) is 0 Å². The molecule has 1 aliphatic heterocycles. The Bertz CT molecular complexity index is 1040. The van der Waals surface area contributed by atoms with Crippen LogP contribution in [0, 0.1) is 0 Å². The molecule has 1 unspecified atom stereocenters. The Labute approximate surface area is 171 Å². The molecular weight excluding hydrogens is 392 g/mol. The van der Waals surface area contributed by atoms with Crippen LogP contribution in [0.15, 0.2) is 48.5 Å². The maximum Gasteiger partial charge on any atom is 0.309 e. The second-order valence-corrected chi connectivity index (χ2v) is 8.06. The number of aliphatic hydroxyl groups is 1. The van der Waals surface area contributed by atoms with E-state index in [-0.39, 0.29) is 19.9 Å². The van der Waals surface area contributed by atoms with Gasteiger partial charge in [-0.3, -0.25) is 9.59 Å². The standard InChI is InChI=1S/C21H20N2O5S/c1-21(26,18-9-14-4-2-3-5-17(14)29-18)11-23-20(25)19(24)22-10-13-6-7-15-16(8-13)28-12-27-15/h2-9,26H,10-12H2,1H3,(H,22,24)(H,23,25). The van der Waals surface area contributed by atoms with Gasteiger partial charge in [-0.2, -0.15) is 0 Å². The molecule has 1 aromatic heterocycles. The Morgan fingerprint density at radius 2 is 1.83 bits per heavy atom. The number of ether oxygens (including phenoxy) is 2. The molecule has 3 aromatic rings. The normalized spacial score (nSPS) is 14.4. The third-order valence-corrected chi connectivity index (χ3v) is 6.02. The molecule has 4 rings (SSSR count). The summed E-state index contributed by atoms with van der Waals surface area (Å²) in [7, 11) is 0. The topological polar surface area (TPSA) is 96.9 Å². The van der Waals surface area contributed by atoms with E-state index in [9.17, 15) is 14.7 Å². The summed E-state index contributed by atoms with van der Waals surface area (Å²) in [5.41, 5.74) is -0.496. The Balaban J connectivity index is 1.31. The van der Waals surface area contributed by atoms with Gasteiger partial charge < -0.3 is 25.2 Å². The molecule has 0 saturated carbocycles. The van der Waals surface area contributed by atoms with E-state index >= 15 is 0 Å². The number of thiophene rings is 1. The summed E-state index contributed by atoms with van der Waals surface area (Å²) in [6, 6.07) is 15.0. The molecule has 1 atom stereocenters. The quantitative estimate of drug-likeness (QED) is 0.559. The fourth-order valence-electron chi connectivity index (χ4n) is 2.98. The Morgan fingerprint density at radius 1 is 1.07 bits per heavy atom. The van der Waals surface area contributed by atoms with Gasteiger partial charge in [0.25, 0.3) is 0 Å². The highest BCUT2D eigenvalue weighted by Crippen LogP contribution is 2.33. The van der Waals surface area contributed by atoms with Crippen molar-refractivity contribution < 1.29 is 24.2 Å². The van der Waals surface area contributed by atoms with Crippen LogP contribution in [0.3, 0.4) is 0 Å². The van der Waals surface area contributed by atoms with Crippen LogP contribution in [-0.4, -0.2) is 30.3 Å². The van der Waals surface area contributed by atoms with E-state index in [1.807, 2.05) is 30.3 Å². The monoisotopic (exact) mass is 412 g/mol. The zero-order valence-corrected chi connectivity index (χ0v) is 16.5. The third kappa shape index (κ3) is 4.18. The number of hydrogen-bond acceptors (Lipinski definition) is 6. The third-order valence-electron chi connectivity index (χ3n) is 4.65. The first-order valence-corrected chi connectivity index (χ1v) is 9.90. The van der Waals surface area contributed by atoms with Crippen molar-refractivity contribution in [3.8, 4) is 11.5 Å². The van der Waals surface area contributed by atoms with Gasteiger partial charge in [-0.15, -0.1) is 11.3 Å². The van der Waals surface area contributed by atoms with Crippen molar-refractivity contribution in [1.29, 1.82) is 0 Å². The van der Waals surface area contributed by atoms with Crippen molar-refractivity contribution in [2.45, 2.75) is 19.1 Å². The highest BCUT2D eigenvalue weighted by Gasteiger charge is 2.27. The number of nitrogens with one attached hydrogen (secondary N) is 2. The fraction of sp³-hybridized carbons (Fsp3) is 0.238. The molecule has 2 heterocycles.